The number of halogens is 1. The molecule has 1 heterocycles. The minimum absolute atomic E-state index is 0.141. The Morgan fingerprint density at radius 1 is 1.07 bits per heavy atom. The molecule has 0 saturated heterocycles. The summed E-state index contributed by atoms with van der Waals surface area (Å²) in [7, 11) is 0. The third-order valence-corrected chi connectivity index (χ3v) is 3.82. The second-order valence-electron chi connectivity index (χ2n) is 7.19. The van der Waals surface area contributed by atoms with Gasteiger partial charge in [0.15, 0.2) is 0 Å². The Balaban J connectivity index is 1.78. The molecule has 0 spiro atoms. The fourth-order valence-corrected chi connectivity index (χ4v) is 2.66. The molecule has 0 fully saturated rings. The van der Waals surface area contributed by atoms with Gasteiger partial charge in [0.25, 0.3) is 5.91 Å². The van der Waals surface area contributed by atoms with Gasteiger partial charge in [-0.25, -0.2) is 9.18 Å². The first kappa shape index (κ1) is 18.7. The summed E-state index contributed by atoms with van der Waals surface area (Å²) in [5.41, 5.74) is 1.08. The van der Waals surface area contributed by atoms with Gasteiger partial charge < -0.3 is 14.8 Å². The number of anilines is 2. The highest BCUT2D eigenvalue weighted by atomic mass is 19.1. The van der Waals surface area contributed by atoms with Gasteiger partial charge in [0.1, 0.15) is 17.2 Å². The molecule has 2 N–H and O–H groups in total. The predicted octanol–water partition coefficient (Wildman–Crippen LogP) is 4.36. The molecule has 0 aliphatic carbocycles. The first-order valence-electron chi connectivity index (χ1n) is 8.58. The summed E-state index contributed by atoms with van der Waals surface area (Å²) in [6, 6.07) is 8.82. The van der Waals surface area contributed by atoms with Crippen LogP contribution in [0.1, 0.15) is 36.7 Å². The topological polar surface area (TPSA) is 76.7 Å². The fraction of sp³-hybridized carbons (Fsp3) is 0.300. The van der Waals surface area contributed by atoms with Gasteiger partial charge in [0.2, 0.25) is 0 Å². The van der Waals surface area contributed by atoms with Crippen molar-refractivity contribution in [3.05, 3.63) is 53.3 Å². The van der Waals surface area contributed by atoms with Crippen LogP contribution in [0.4, 0.5) is 20.6 Å². The Morgan fingerprint density at radius 3 is 2.59 bits per heavy atom. The van der Waals surface area contributed by atoms with E-state index < -0.39 is 23.4 Å². The van der Waals surface area contributed by atoms with Crippen LogP contribution in [-0.2, 0) is 11.2 Å². The molecule has 0 saturated carbocycles. The van der Waals surface area contributed by atoms with Gasteiger partial charge in [-0.1, -0.05) is 0 Å². The van der Waals surface area contributed by atoms with Gasteiger partial charge in [0, 0.05) is 12.0 Å². The maximum Gasteiger partial charge on any atom is 0.412 e. The van der Waals surface area contributed by atoms with E-state index in [1.165, 1.54) is 12.1 Å². The Morgan fingerprint density at radius 2 is 1.85 bits per heavy atom. The Hall–Kier alpha value is -3.09. The van der Waals surface area contributed by atoms with Gasteiger partial charge in [0.05, 0.1) is 18.0 Å². The molecule has 0 radical (unpaired) electrons. The fourth-order valence-electron chi connectivity index (χ4n) is 2.66. The minimum atomic E-state index is -0.695. The molecule has 3 rings (SSSR count). The van der Waals surface area contributed by atoms with Crippen LogP contribution in [0.15, 0.2) is 36.4 Å². The van der Waals surface area contributed by atoms with E-state index >= 15 is 0 Å². The number of hydrogen-bond donors (Lipinski definition) is 2. The van der Waals surface area contributed by atoms with Crippen LogP contribution >= 0.6 is 0 Å². The van der Waals surface area contributed by atoms with Crippen LogP contribution in [0.3, 0.4) is 0 Å². The number of hydrogen-bond acceptors (Lipinski definition) is 4. The van der Waals surface area contributed by atoms with Crippen LogP contribution in [0, 0.1) is 5.82 Å². The Bertz CT molecular complexity index is 890. The summed E-state index contributed by atoms with van der Waals surface area (Å²) in [5.74, 6) is -0.186. The quantitative estimate of drug-likeness (QED) is 0.839. The lowest BCUT2D eigenvalue weighted by molar-refractivity contribution is 0.0635. The maximum atomic E-state index is 13.7. The van der Waals surface area contributed by atoms with Crippen molar-refractivity contribution in [3.63, 3.8) is 0 Å². The van der Waals surface area contributed by atoms with Crippen molar-refractivity contribution in [3.8, 4) is 5.75 Å². The van der Waals surface area contributed by atoms with Crippen molar-refractivity contribution in [2.24, 2.45) is 0 Å². The molecule has 142 valence electrons. The normalized spacial score (nSPS) is 12.7. The second kappa shape index (κ2) is 7.26. The standard InChI is InChI=1S/C20H21FN2O4/c1-20(2,3)27-19(25)23-15-6-5-14(21)11-16(15)22-18(24)13-4-7-17-12(10-13)8-9-26-17/h4-7,10-11H,8-9H2,1-3H3,(H,22,24)(H,23,25). The van der Waals surface area contributed by atoms with Gasteiger partial charge >= 0.3 is 6.09 Å². The lowest BCUT2D eigenvalue weighted by Gasteiger charge is -2.20. The Kier molecular flexibility index (Phi) is 5.03. The van der Waals surface area contributed by atoms with Crippen LogP contribution in [0.5, 0.6) is 5.75 Å². The maximum absolute atomic E-state index is 13.7. The van der Waals surface area contributed by atoms with E-state index in [1.807, 2.05) is 0 Å². The third-order valence-electron chi connectivity index (χ3n) is 3.82. The molecule has 0 aromatic heterocycles. The zero-order valence-electron chi connectivity index (χ0n) is 15.4. The summed E-state index contributed by atoms with van der Waals surface area (Å²) >= 11 is 0. The molecule has 0 bridgehead atoms. The molecule has 7 heteroatoms. The van der Waals surface area contributed by atoms with Gasteiger partial charge in [-0.15, -0.1) is 0 Å². The first-order chi connectivity index (χ1) is 12.7. The summed E-state index contributed by atoms with van der Waals surface area (Å²) < 4.78 is 24.3. The summed E-state index contributed by atoms with van der Waals surface area (Å²) in [6.45, 7) is 5.79. The van der Waals surface area contributed by atoms with E-state index in [0.29, 0.717) is 12.2 Å². The van der Waals surface area contributed by atoms with Crippen molar-refractivity contribution in [1.29, 1.82) is 0 Å². The lowest BCUT2D eigenvalue weighted by atomic mass is 10.1. The third kappa shape index (κ3) is 4.75. The van der Waals surface area contributed by atoms with E-state index in [4.69, 9.17) is 9.47 Å². The van der Waals surface area contributed by atoms with E-state index in [2.05, 4.69) is 10.6 Å². The SMILES string of the molecule is CC(C)(C)OC(=O)Nc1ccc(F)cc1NC(=O)c1ccc2c(c1)CCO2. The molecule has 1 aliphatic heterocycles. The second-order valence-corrected chi connectivity index (χ2v) is 7.19. The highest BCUT2D eigenvalue weighted by Crippen LogP contribution is 2.28. The highest BCUT2D eigenvalue weighted by molar-refractivity contribution is 6.07. The molecular weight excluding hydrogens is 351 g/mol. The largest absolute Gasteiger partial charge is 0.493 e. The number of fused-ring (bicyclic) bond motifs is 1. The number of carbonyl (C=O) groups excluding carboxylic acids is 2. The monoisotopic (exact) mass is 372 g/mol. The van der Waals surface area contributed by atoms with Crippen molar-refractivity contribution < 1.29 is 23.5 Å². The van der Waals surface area contributed by atoms with Crippen LogP contribution in [-0.4, -0.2) is 24.2 Å². The van der Waals surface area contributed by atoms with Crippen molar-refractivity contribution in [1.82, 2.24) is 0 Å². The Labute approximate surface area is 156 Å². The minimum Gasteiger partial charge on any atom is -0.493 e. The molecule has 0 unspecified atom stereocenters. The number of carbonyl (C=O) groups is 2. The molecule has 27 heavy (non-hydrogen) atoms. The summed E-state index contributed by atoms with van der Waals surface area (Å²) in [4.78, 5) is 24.6. The number of nitrogens with one attached hydrogen (secondary N) is 2. The van der Waals surface area contributed by atoms with Crippen LogP contribution in [0.25, 0.3) is 0 Å². The van der Waals surface area contributed by atoms with E-state index in [0.717, 1.165) is 23.8 Å². The predicted molar refractivity (Wildman–Crippen MR) is 99.9 cm³/mol. The summed E-state index contributed by atoms with van der Waals surface area (Å²) in [6.07, 6.45) is 0.0429. The molecule has 6 nitrogen and oxygen atoms in total. The van der Waals surface area contributed by atoms with Gasteiger partial charge in [-0.05, 0) is 62.7 Å². The number of amides is 2. The van der Waals surface area contributed by atoms with Gasteiger partial charge in [-0.2, -0.15) is 0 Å². The van der Waals surface area contributed by atoms with Crippen LogP contribution in [0.2, 0.25) is 0 Å². The number of benzene rings is 2. The smallest absolute Gasteiger partial charge is 0.412 e. The highest BCUT2D eigenvalue weighted by Gasteiger charge is 2.19. The summed E-state index contributed by atoms with van der Waals surface area (Å²) in [5, 5.41) is 5.17. The van der Waals surface area contributed by atoms with E-state index in [-0.39, 0.29) is 11.4 Å². The molecule has 0 atom stereocenters. The van der Waals surface area contributed by atoms with Gasteiger partial charge in [-0.3, -0.25) is 10.1 Å². The zero-order chi connectivity index (χ0) is 19.6. The van der Waals surface area contributed by atoms with E-state index in [9.17, 15) is 14.0 Å². The molecular formula is C20H21FN2O4. The average molecular weight is 372 g/mol. The van der Waals surface area contributed by atoms with Crippen molar-refractivity contribution >= 4 is 23.4 Å². The molecule has 2 amide bonds. The number of ether oxygens (including phenoxy) is 2. The number of rotatable bonds is 3. The molecule has 1 aliphatic rings. The first-order valence-corrected chi connectivity index (χ1v) is 8.58. The zero-order valence-corrected chi connectivity index (χ0v) is 15.4. The molecule has 2 aromatic carbocycles. The molecule has 2 aromatic rings. The van der Waals surface area contributed by atoms with Crippen molar-refractivity contribution in [2.45, 2.75) is 32.8 Å². The average Bonchev–Trinajstić information content (AvgIpc) is 3.03. The van der Waals surface area contributed by atoms with Crippen LogP contribution < -0.4 is 15.4 Å². The van der Waals surface area contributed by atoms with E-state index in [1.54, 1.807) is 39.0 Å². The lowest BCUT2D eigenvalue weighted by Crippen LogP contribution is -2.27. The van der Waals surface area contributed by atoms with Crippen molar-refractivity contribution in [2.75, 3.05) is 17.2 Å².